The molecule has 0 bridgehead atoms. The van der Waals surface area contributed by atoms with Crippen LogP contribution in [0, 0.1) is 13.8 Å². The highest BCUT2D eigenvalue weighted by atomic mass is 32.1. The lowest BCUT2D eigenvalue weighted by Crippen LogP contribution is -2.49. The molecule has 0 unspecified atom stereocenters. The summed E-state index contributed by atoms with van der Waals surface area (Å²) in [5.41, 5.74) is 3.06. The highest BCUT2D eigenvalue weighted by molar-refractivity contribution is 7.18. The number of fused-ring (bicyclic) bond motifs is 2. The van der Waals surface area contributed by atoms with Gasteiger partial charge in [0.25, 0.3) is 5.56 Å². The summed E-state index contributed by atoms with van der Waals surface area (Å²) >= 11 is 1.57. The Bertz CT molecular complexity index is 1330. The molecule has 1 aliphatic heterocycles. The van der Waals surface area contributed by atoms with E-state index in [-0.39, 0.29) is 11.5 Å². The molecule has 0 saturated carbocycles. The van der Waals surface area contributed by atoms with Gasteiger partial charge < -0.3 is 14.9 Å². The Kier molecular flexibility index (Phi) is 5.11. The summed E-state index contributed by atoms with van der Waals surface area (Å²) in [5, 5.41) is 1.82. The van der Waals surface area contributed by atoms with Crippen LogP contribution in [0.1, 0.15) is 21.8 Å². The molecular formula is C23H25N5O2S. The van der Waals surface area contributed by atoms with Gasteiger partial charge in [0, 0.05) is 48.2 Å². The van der Waals surface area contributed by atoms with Crippen molar-refractivity contribution in [2.24, 2.45) is 0 Å². The Morgan fingerprint density at radius 1 is 1.16 bits per heavy atom. The molecule has 1 fully saturated rings. The molecule has 0 atom stereocenters. The molecule has 0 radical (unpaired) electrons. The van der Waals surface area contributed by atoms with Gasteiger partial charge in [-0.3, -0.25) is 14.5 Å². The Hall–Kier alpha value is -2.97. The lowest BCUT2D eigenvalue weighted by atomic mass is 10.1. The molecule has 7 nitrogen and oxygen atoms in total. The van der Waals surface area contributed by atoms with Crippen molar-refractivity contribution < 1.29 is 4.79 Å². The minimum Gasteiger partial charge on any atom is -0.361 e. The molecule has 1 aromatic carbocycles. The average molecular weight is 436 g/mol. The van der Waals surface area contributed by atoms with Crippen LogP contribution in [0.4, 0.5) is 0 Å². The van der Waals surface area contributed by atoms with Crippen LogP contribution in [0.3, 0.4) is 0 Å². The molecule has 5 rings (SSSR count). The third-order valence-corrected chi connectivity index (χ3v) is 7.30. The van der Waals surface area contributed by atoms with Crippen molar-refractivity contribution in [3.63, 3.8) is 0 Å². The number of thiophene rings is 1. The number of carbonyl (C=O) groups excluding carboxylic acids is 1. The number of nitrogens with zero attached hydrogens (tertiary/aromatic N) is 3. The van der Waals surface area contributed by atoms with Gasteiger partial charge in [-0.05, 0) is 31.0 Å². The number of aromatic amines is 2. The van der Waals surface area contributed by atoms with Crippen molar-refractivity contribution in [2.75, 3.05) is 26.2 Å². The SMILES string of the molecule is Cc1sc2nc(CN3CCN(C(=O)Cc4c[nH]c5ccccc45)CC3)[nH]c(=O)c2c1C. The number of nitrogens with one attached hydrogen (secondary N) is 2. The minimum atomic E-state index is -0.0607. The summed E-state index contributed by atoms with van der Waals surface area (Å²) in [5.74, 6) is 0.846. The molecule has 160 valence electrons. The van der Waals surface area contributed by atoms with Crippen LogP contribution in [0.2, 0.25) is 0 Å². The zero-order valence-electron chi connectivity index (χ0n) is 17.7. The van der Waals surface area contributed by atoms with E-state index in [4.69, 9.17) is 0 Å². The topological polar surface area (TPSA) is 85.1 Å². The van der Waals surface area contributed by atoms with E-state index in [0.29, 0.717) is 37.3 Å². The van der Waals surface area contributed by atoms with E-state index in [1.54, 1.807) is 11.3 Å². The van der Waals surface area contributed by atoms with Crippen molar-refractivity contribution >= 4 is 38.4 Å². The molecule has 3 aromatic heterocycles. The van der Waals surface area contributed by atoms with E-state index in [0.717, 1.165) is 44.8 Å². The van der Waals surface area contributed by atoms with E-state index in [9.17, 15) is 9.59 Å². The molecule has 0 aliphatic carbocycles. The smallest absolute Gasteiger partial charge is 0.259 e. The number of aromatic nitrogens is 3. The second kappa shape index (κ2) is 7.94. The number of H-pyrrole nitrogens is 2. The van der Waals surface area contributed by atoms with Crippen molar-refractivity contribution in [3.8, 4) is 0 Å². The first kappa shape index (κ1) is 20.0. The van der Waals surface area contributed by atoms with Crippen LogP contribution in [0.15, 0.2) is 35.3 Å². The molecular weight excluding hydrogens is 410 g/mol. The predicted molar refractivity (Wildman–Crippen MR) is 124 cm³/mol. The number of hydrogen-bond acceptors (Lipinski definition) is 5. The first-order valence-electron chi connectivity index (χ1n) is 10.5. The van der Waals surface area contributed by atoms with Gasteiger partial charge >= 0.3 is 0 Å². The van der Waals surface area contributed by atoms with E-state index < -0.39 is 0 Å². The molecule has 1 aliphatic rings. The molecule has 0 spiro atoms. The maximum absolute atomic E-state index is 12.8. The molecule has 4 aromatic rings. The first-order chi connectivity index (χ1) is 15.0. The van der Waals surface area contributed by atoms with Gasteiger partial charge in [0.15, 0.2) is 0 Å². The monoisotopic (exact) mass is 435 g/mol. The zero-order valence-corrected chi connectivity index (χ0v) is 18.5. The number of carbonyl (C=O) groups is 1. The zero-order chi connectivity index (χ0) is 21.5. The normalized spacial score (nSPS) is 15.2. The third kappa shape index (κ3) is 3.77. The van der Waals surface area contributed by atoms with Crippen molar-refractivity contribution in [2.45, 2.75) is 26.8 Å². The van der Waals surface area contributed by atoms with Gasteiger partial charge in [-0.1, -0.05) is 18.2 Å². The highest BCUT2D eigenvalue weighted by Crippen LogP contribution is 2.26. The Balaban J connectivity index is 1.22. The van der Waals surface area contributed by atoms with Crippen molar-refractivity contribution in [1.82, 2.24) is 24.8 Å². The van der Waals surface area contributed by atoms with Crippen LogP contribution >= 0.6 is 11.3 Å². The lowest BCUT2D eigenvalue weighted by molar-refractivity contribution is -0.132. The molecule has 1 amide bonds. The predicted octanol–water partition coefficient (Wildman–Crippen LogP) is 2.97. The summed E-state index contributed by atoms with van der Waals surface area (Å²) in [6, 6.07) is 8.06. The van der Waals surface area contributed by atoms with Crippen molar-refractivity contribution in [1.29, 1.82) is 0 Å². The molecule has 1 saturated heterocycles. The summed E-state index contributed by atoms with van der Waals surface area (Å²) in [6.07, 6.45) is 2.34. The van der Waals surface area contributed by atoms with Crippen LogP contribution < -0.4 is 5.56 Å². The fourth-order valence-electron chi connectivity index (χ4n) is 4.29. The summed E-state index contributed by atoms with van der Waals surface area (Å²) in [4.78, 5) is 42.3. The maximum Gasteiger partial charge on any atom is 0.259 e. The van der Waals surface area contributed by atoms with Gasteiger partial charge in [0.05, 0.1) is 18.4 Å². The fourth-order valence-corrected chi connectivity index (χ4v) is 5.34. The quantitative estimate of drug-likeness (QED) is 0.516. The number of para-hydroxylation sites is 1. The van der Waals surface area contributed by atoms with Gasteiger partial charge in [0.2, 0.25) is 5.91 Å². The van der Waals surface area contributed by atoms with E-state index in [1.165, 1.54) is 0 Å². The first-order valence-corrected chi connectivity index (χ1v) is 11.4. The standard InChI is InChI=1S/C23H25N5O2S/c1-14-15(2)31-23-21(14)22(30)25-19(26-23)13-27-7-9-28(10-8-27)20(29)11-16-12-24-18-6-4-3-5-17(16)18/h3-6,12,24H,7-11,13H2,1-2H3,(H,25,26,30). The number of piperazine rings is 1. The highest BCUT2D eigenvalue weighted by Gasteiger charge is 2.23. The summed E-state index contributed by atoms with van der Waals surface area (Å²) in [7, 11) is 0. The number of amides is 1. The maximum atomic E-state index is 12.8. The van der Waals surface area contributed by atoms with E-state index in [2.05, 4.69) is 19.9 Å². The summed E-state index contributed by atoms with van der Waals surface area (Å²) < 4.78 is 0. The van der Waals surface area contributed by atoms with E-state index in [1.807, 2.05) is 49.2 Å². The van der Waals surface area contributed by atoms with Crippen LogP contribution in [-0.2, 0) is 17.8 Å². The average Bonchev–Trinajstić information content (AvgIpc) is 3.29. The van der Waals surface area contributed by atoms with E-state index >= 15 is 0 Å². The fraction of sp³-hybridized carbons (Fsp3) is 0.348. The number of aryl methyl sites for hydroxylation is 2. The second-order valence-corrected chi connectivity index (χ2v) is 9.37. The van der Waals surface area contributed by atoms with Gasteiger partial charge in [0.1, 0.15) is 10.7 Å². The number of benzene rings is 1. The Morgan fingerprint density at radius 2 is 1.94 bits per heavy atom. The second-order valence-electron chi connectivity index (χ2n) is 8.17. The molecule has 4 heterocycles. The van der Waals surface area contributed by atoms with Crippen LogP contribution in [0.5, 0.6) is 0 Å². The Labute approximate surface area is 183 Å². The Morgan fingerprint density at radius 3 is 2.74 bits per heavy atom. The van der Waals surface area contributed by atoms with Crippen LogP contribution in [-0.4, -0.2) is 56.8 Å². The van der Waals surface area contributed by atoms with Gasteiger partial charge in [-0.25, -0.2) is 4.98 Å². The molecule has 31 heavy (non-hydrogen) atoms. The lowest BCUT2D eigenvalue weighted by Gasteiger charge is -2.34. The molecule has 8 heteroatoms. The minimum absolute atomic E-state index is 0.0607. The molecule has 2 N–H and O–H groups in total. The number of hydrogen-bond donors (Lipinski definition) is 2. The van der Waals surface area contributed by atoms with Gasteiger partial charge in [-0.2, -0.15) is 0 Å². The van der Waals surface area contributed by atoms with Crippen molar-refractivity contribution in [3.05, 3.63) is 62.6 Å². The third-order valence-electron chi connectivity index (χ3n) is 6.20. The van der Waals surface area contributed by atoms with Gasteiger partial charge in [-0.15, -0.1) is 11.3 Å². The largest absolute Gasteiger partial charge is 0.361 e. The summed E-state index contributed by atoms with van der Waals surface area (Å²) in [6.45, 7) is 7.49. The number of rotatable bonds is 4. The van der Waals surface area contributed by atoms with Crippen LogP contribution in [0.25, 0.3) is 21.1 Å².